The molecule has 2 aromatic rings. The molecule has 1 aliphatic heterocycles. The van der Waals surface area contributed by atoms with Gasteiger partial charge in [-0.3, -0.25) is 0 Å². The Labute approximate surface area is 140 Å². The third-order valence-corrected chi connectivity index (χ3v) is 4.42. The summed E-state index contributed by atoms with van der Waals surface area (Å²) in [6, 6.07) is 7.66. The highest BCUT2D eigenvalue weighted by molar-refractivity contribution is 7.99. The standard InChI is InChI=1S/C16H21N3O3S/c1-11(2)20-8-9-23-16-18-17-15(19(16)3)14-10-21-12-6-4-5-7-13(12)22-14/h4-7,11,14H,8-10H2,1-3H3. The van der Waals surface area contributed by atoms with E-state index in [2.05, 4.69) is 10.2 Å². The first-order valence-electron chi connectivity index (χ1n) is 7.67. The fourth-order valence-corrected chi connectivity index (χ4v) is 3.04. The van der Waals surface area contributed by atoms with E-state index in [-0.39, 0.29) is 12.2 Å². The summed E-state index contributed by atoms with van der Waals surface area (Å²) in [6.45, 7) is 5.19. The number of ether oxygens (including phenoxy) is 3. The molecule has 6 nitrogen and oxygen atoms in total. The first-order chi connectivity index (χ1) is 11.1. The van der Waals surface area contributed by atoms with Gasteiger partial charge in [-0.15, -0.1) is 10.2 Å². The normalized spacial score (nSPS) is 16.8. The summed E-state index contributed by atoms with van der Waals surface area (Å²) in [5.74, 6) is 3.12. The number of rotatable bonds is 6. The molecule has 1 aromatic carbocycles. The van der Waals surface area contributed by atoms with E-state index in [1.807, 2.05) is 49.7 Å². The number of nitrogens with zero attached hydrogens (tertiary/aromatic N) is 3. The van der Waals surface area contributed by atoms with E-state index in [1.165, 1.54) is 0 Å². The molecule has 0 amide bonds. The third-order valence-electron chi connectivity index (χ3n) is 3.43. The monoisotopic (exact) mass is 335 g/mol. The first kappa shape index (κ1) is 16.1. The zero-order valence-corrected chi connectivity index (χ0v) is 14.4. The number of thioether (sulfide) groups is 1. The topological polar surface area (TPSA) is 58.4 Å². The number of para-hydroxylation sites is 2. The molecule has 0 fully saturated rings. The number of aromatic nitrogens is 3. The highest BCUT2D eigenvalue weighted by atomic mass is 32.2. The second-order valence-corrected chi connectivity index (χ2v) is 6.59. The molecule has 0 N–H and O–H groups in total. The van der Waals surface area contributed by atoms with Gasteiger partial charge in [0.05, 0.1) is 12.7 Å². The molecule has 0 bridgehead atoms. The minimum atomic E-state index is -0.247. The molecule has 124 valence electrons. The van der Waals surface area contributed by atoms with Crippen LogP contribution in [0.2, 0.25) is 0 Å². The lowest BCUT2D eigenvalue weighted by molar-refractivity contribution is 0.0825. The smallest absolute Gasteiger partial charge is 0.192 e. The predicted molar refractivity (Wildman–Crippen MR) is 88.1 cm³/mol. The van der Waals surface area contributed by atoms with Crippen LogP contribution < -0.4 is 9.47 Å². The zero-order chi connectivity index (χ0) is 16.2. The van der Waals surface area contributed by atoms with Crippen molar-refractivity contribution in [3.63, 3.8) is 0 Å². The van der Waals surface area contributed by atoms with Crippen LogP contribution in [0.5, 0.6) is 11.5 Å². The Bertz CT molecular complexity index is 660. The van der Waals surface area contributed by atoms with E-state index < -0.39 is 0 Å². The van der Waals surface area contributed by atoms with Crippen molar-refractivity contribution < 1.29 is 14.2 Å². The van der Waals surface area contributed by atoms with Gasteiger partial charge in [0.15, 0.2) is 28.6 Å². The molecule has 0 saturated carbocycles. The lowest BCUT2D eigenvalue weighted by atomic mass is 10.2. The molecule has 0 radical (unpaired) electrons. The van der Waals surface area contributed by atoms with E-state index in [1.54, 1.807) is 11.8 Å². The molecule has 7 heteroatoms. The quantitative estimate of drug-likeness (QED) is 0.598. The second-order valence-electron chi connectivity index (χ2n) is 5.53. The van der Waals surface area contributed by atoms with Gasteiger partial charge in [-0.2, -0.15) is 0 Å². The largest absolute Gasteiger partial charge is 0.485 e. The maximum atomic E-state index is 5.99. The summed E-state index contributed by atoms with van der Waals surface area (Å²) in [5.41, 5.74) is 0. The molecule has 1 aromatic heterocycles. The van der Waals surface area contributed by atoms with E-state index in [9.17, 15) is 0 Å². The molecule has 23 heavy (non-hydrogen) atoms. The molecular weight excluding hydrogens is 314 g/mol. The first-order valence-corrected chi connectivity index (χ1v) is 8.66. The van der Waals surface area contributed by atoms with Crippen molar-refractivity contribution in [1.29, 1.82) is 0 Å². The Morgan fingerprint density at radius 1 is 1.30 bits per heavy atom. The van der Waals surface area contributed by atoms with Crippen LogP contribution in [0.1, 0.15) is 25.8 Å². The van der Waals surface area contributed by atoms with Crippen molar-refractivity contribution in [2.75, 3.05) is 19.0 Å². The van der Waals surface area contributed by atoms with E-state index in [0.29, 0.717) is 13.2 Å². The summed E-state index contributed by atoms with van der Waals surface area (Å²) in [7, 11) is 1.95. The summed E-state index contributed by atoms with van der Waals surface area (Å²) < 4.78 is 19.2. The highest BCUT2D eigenvalue weighted by Crippen LogP contribution is 2.35. The average molecular weight is 335 g/mol. The molecule has 3 rings (SSSR count). The van der Waals surface area contributed by atoms with Crippen LogP contribution in [0.15, 0.2) is 29.4 Å². The van der Waals surface area contributed by atoms with Crippen LogP contribution >= 0.6 is 11.8 Å². The van der Waals surface area contributed by atoms with Crippen molar-refractivity contribution in [3.8, 4) is 11.5 Å². The Morgan fingerprint density at radius 3 is 2.87 bits per heavy atom. The molecule has 2 heterocycles. The molecule has 0 saturated heterocycles. The van der Waals surface area contributed by atoms with Gasteiger partial charge in [-0.05, 0) is 26.0 Å². The zero-order valence-electron chi connectivity index (χ0n) is 13.6. The maximum Gasteiger partial charge on any atom is 0.192 e. The lowest BCUT2D eigenvalue weighted by Gasteiger charge is -2.25. The molecule has 1 unspecified atom stereocenters. The van der Waals surface area contributed by atoms with Gasteiger partial charge in [0.1, 0.15) is 6.61 Å². The lowest BCUT2D eigenvalue weighted by Crippen LogP contribution is -2.24. The van der Waals surface area contributed by atoms with Crippen molar-refractivity contribution in [2.24, 2.45) is 7.05 Å². The predicted octanol–water partition coefficient (Wildman–Crippen LogP) is 2.84. The van der Waals surface area contributed by atoms with Crippen LogP contribution in [-0.2, 0) is 11.8 Å². The van der Waals surface area contributed by atoms with Crippen LogP contribution in [0.25, 0.3) is 0 Å². The summed E-state index contributed by atoms with van der Waals surface area (Å²) in [5, 5.41) is 9.38. The van der Waals surface area contributed by atoms with Gasteiger partial charge in [0.25, 0.3) is 0 Å². The SMILES string of the molecule is CC(C)OCCSc1nnc(C2COc3ccccc3O2)n1C. The maximum absolute atomic E-state index is 5.99. The minimum absolute atomic E-state index is 0.247. The van der Waals surface area contributed by atoms with E-state index in [0.717, 1.165) is 28.2 Å². The molecule has 1 atom stereocenters. The summed E-state index contributed by atoms with van der Waals surface area (Å²) in [6.07, 6.45) is 0.00202. The Balaban J connectivity index is 1.63. The number of benzene rings is 1. The van der Waals surface area contributed by atoms with Crippen LogP contribution in [-0.4, -0.2) is 39.8 Å². The van der Waals surface area contributed by atoms with Gasteiger partial charge in [-0.25, -0.2) is 0 Å². The molecule has 0 aliphatic carbocycles. The summed E-state index contributed by atoms with van der Waals surface area (Å²) >= 11 is 1.63. The van der Waals surface area contributed by atoms with Gasteiger partial charge >= 0.3 is 0 Å². The van der Waals surface area contributed by atoms with Crippen LogP contribution in [0, 0.1) is 0 Å². The Morgan fingerprint density at radius 2 is 2.09 bits per heavy atom. The average Bonchev–Trinajstić information content (AvgIpc) is 2.92. The number of hydrogen-bond acceptors (Lipinski definition) is 6. The van der Waals surface area contributed by atoms with E-state index in [4.69, 9.17) is 14.2 Å². The van der Waals surface area contributed by atoms with Gasteiger partial charge in [0.2, 0.25) is 0 Å². The van der Waals surface area contributed by atoms with Crippen LogP contribution in [0.4, 0.5) is 0 Å². The van der Waals surface area contributed by atoms with Crippen molar-refractivity contribution in [3.05, 3.63) is 30.1 Å². The van der Waals surface area contributed by atoms with Gasteiger partial charge in [-0.1, -0.05) is 23.9 Å². The van der Waals surface area contributed by atoms with Crippen LogP contribution in [0.3, 0.4) is 0 Å². The molecule has 1 aliphatic rings. The van der Waals surface area contributed by atoms with Crippen molar-refractivity contribution >= 4 is 11.8 Å². The van der Waals surface area contributed by atoms with Crippen molar-refractivity contribution in [2.45, 2.75) is 31.2 Å². The third kappa shape index (κ3) is 3.79. The van der Waals surface area contributed by atoms with Gasteiger partial charge in [0, 0.05) is 12.8 Å². The fourth-order valence-electron chi connectivity index (χ4n) is 2.30. The van der Waals surface area contributed by atoms with Gasteiger partial charge < -0.3 is 18.8 Å². The van der Waals surface area contributed by atoms with Crippen molar-refractivity contribution in [1.82, 2.24) is 14.8 Å². The summed E-state index contributed by atoms with van der Waals surface area (Å²) in [4.78, 5) is 0. The number of hydrogen-bond donors (Lipinski definition) is 0. The highest BCUT2D eigenvalue weighted by Gasteiger charge is 2.27. The Kier molecular flexibility index (Phi) is 5.07. The number of fused-ring (bicyclic) bond motifs is 1. The van der Waals surface area contributed by atoms with E-state index >= 15 is 0 Å². The minimum Gasteiger partial charge on any atom is -0.485 e. The fraction of sp³-hybridized carbons (Fsp3) is 0.500. The molecular formula is C16H21N3O3S. The molecule has 0 spiro atoms. The second kappa shape index (κ2) is 7.23. The Hall–Kier alpha value is -1.73.